The maximum absolute atomic E-state index is 5.92. The molecule has 0 fully saturated rings. The van der Waals surface area contributed by atoms with Gasteiger partial charge in [0.25, 0.3) is 0 Å². The molecule has 0 aliphatic heterocycles. The fraction of sp³-hybridized carbons (Fsp3) is 0. The molecule has 0 saturated carbocycles. The number of hydrogen-bond donors (Lipinski definition) is 1. The summed E-state index contributed by atoms with van der Waals surface area (Å²) >= 11 is 10.9. The zero-order chi connectivity index (χ0) is 10.1. The van der Waals surface area contributed by atoms with Gasteiger partial charge in [-0.15, -0.1) is 0 Å². The summed E-state index contributed by atoms with van der Waals surface area (Å²) in [6.07, 6.45) is 3.45. The van der Waals surface area contributed by atoms with E-state index in [4.69, 9.17) is 29.6 Å². The van der Waals surface area contributed by atoms with E-state index in [1.807, 2.05) is 12.1 Å². The Balaban J connectivity index is 2.87. The molecule has 0 aliphatic rings. The molecule has 0 saturated heterocycles. The van der Waals surface area contributed by atoms with Gasteiger partial charge < -0.3 is 5.73 Å². The van der Waals surface area contributed by atoms with Crippen LogP contribution in [0.25, 0.3) is 10.8 Å². The molecule has 2 nitrogen and oxygen atoms in total. The average molecular weight is 223 g/mol. The molecule has 0 unspecified atom stereocenters. The van der Waals surface area contributed by atoms with Crippen molar-refractivity contribution < 1.29 is 0 Å². The fourth-order valence-electron chi connectivity index (χ4n) is 1.38. The SMILES string of the molecule is NC(=S)c1cc(Cl)cc2cnccc12. The number of rotatable bonds is 1. The molecule has 0 bridgehead atoms. The van der Waals surface area contributed by atoms with Crippen molar-refractivity contribution in [3.63, 3.8) is 0 Å². The second-order valence-electron chi connectivity index (χ2n) is 2.91. The number of nitrogens with two attached hydrogens (primary N) is 1. The lowest BCUT2D eigenvalue weighted by Crippen LogP contribution is -2.09. The number of halogens is 1. The Bertz CT molecular complexity index is 510. The minimum atomic E-state index is 0.351. The number of thiocarbonyl (C=S) groups is 1. The zero-order valence-corrected chi connectivity index (χ0v) is 8.77. The largest absolute Gasteiger partial charge is 0.389 e. The van der Waals surface area contributed by atoms with Crippen LogP contribution in [0.15, 0.2) is 30.6 Å². The molecule has 1 aromatic heterocycles. The third-order valence-corrected chi connectivity index (χ3v) is 2.42. The summed E-state index contributed by atoms with van der Waals surface area (Å²) in [6, 6.07) is 5.48. The molecule has 0 aliphatic carbocycles. The van der Waals surface area contributed by atoms with E-state index in [0.717, 1.165) is 16.3 Å². The van der Waals surface area contributed by atoms with Crippen LogP contribution in [-0.2, 0) is 0 Å². The van der Waals surface area contributed by atoms with Gasteiger partial charge in [0.15, 0.2) is 0 Å². The lowest BCUT2D eigenvalue weighted by molar-refractivity contribution is 1.36. The van der Waals surface area contributed by atoms with Crippen molar-refractivity contribution in [3.8, 4) is 0 Å². The Kier molecular flexibility index (Phi) is 2.35. The summed E-state index contributed by atoms with van der Waals surface area (Å²) < 4.78 is 0. The van der Waals surface area contributed by atoms with Gasteiger partial charge in [0.05, 0.1) is 0 Å². The van der Waals surface area contributed by atoms with Crippen LogP contribution in [0.2, 0.25) is 5.02 Å². The quantitative estimate of drug-likeness (QED) is 0.754. The summed E-state index contributed by atoms with van der Waals surface area (Å²) in [7, 11) is 0. The highest BCUT2D eigenvalue weighted by molar-refractivity contribution is 7.80. The van der Waals surface area contributed by atoms with Crippen LogP contribution in [0.1, 0.15) is 5.56 Å². The van der Waals surface area contributed by atoms with Gasteiger partial charge in [0.2, 0.25) is 0 Å². The van der Waals surface area contributed by atoms with E-state index < -0.39 is 0 Å². The number of pyridine rings is 1. The normalized spacial score (nSPS) is 10.4. The number of hydrogen-bond acceptors (Lipinski definition) is 2. The molecule has 14 heavy (non-hydrogen) atoms. The molecular formula is C10H7ClN2S. The third kappa shape index (κ3) is 1.56. The van der Waals surface area contributed by atoms with Crippen LogP contribution >= 0.6 is 23.8 Å². The molecule has 0 atom stereocenters. The lowest BCUT2D eigenvalue weighted by Gasteiger charge is -2.04. The standard InChI is InChI=1S/C10H7ClN2S/c11-7-3-6-5-13-2-1-8(6)9(4-7)10(12)14/h1-5H,(H2,12,14). The number of nitrogens with zero attached hydrogens (tertiary/aromatic N) is 1. The number of aromatic nitrogens is 1. The van der Waals surface area contributed by atoms with Gasteiger partial charge in [-0.1, -0.05) is 23.8 Å². The van der Waals surface area contributed by atoms with Gasteiger partial charge in [-0.25, -0.2) is 0 Å². The average Bonchev–Trinajstić information content (AvgIpc) is 2.16. The molecule has 70 valence electrons. The monoisotopic (exact) mass is 222 g/mol. The molecular weight excluding hydrogens is 216 g/mol. The van der Waals surface area contributed by atoms with Gasteiger partial charge >= 0.3 is 0 Å². The number of fused-ring (bicyclic) bond motifs is 1. The van der Waals surface area contributed by atoms with Crippen LogP contribution in [0.5, 0.6) is 0 Å². The van der Waals surface area contributed by atoms with Gasteiger partial charge in [0, 0.05) is 28.4 Å². The van der Waals surface area contributed by atoms with Crippen molar-refractivity contribution in [2.45, 2.75) is 0 Å². The summed E-state index contributed by atoms with van der Waals surface area (Å²) in [6.45, 7) is 0. The van der Waals surface area contributed by atoms with Gasteiger partial charge in [-0.3, -0.25) is 4.98 Å². The Morgan fingerprint density at radius 2 is 2.21 bits per heavy atom. The first-order chi connectivity index (χ1) is 6.68. The van der Waals surface area contributed by atoms with Crippen LogP contribution in [0, 0.1) is 0 Å². The highest BCUT2D eigenvalue weighted by Gasteiger charge is 2.04. The van der Waals surface area contributed by atoms with Crippen LogP contribution in [-0.4, -0.2) is 9.97 Å². The first-order valence-electron chi connectivity index (χ1n) is 4.01. The topological polar surface area (TPSA) is 38.9 Å². The maximum atomic E-state index is 5.92. The predicted molar refractivity (Wildman–Crippen MR) is 62.6 cm³/mol. The van der Waals surface area contributed by atoms with Gasteiger partial charge in [0.1, 0.15) is 4.99 Å². The lowest BCUT2D eigenvalue weighted by atomic mass is 10.1. The molecule has 0 radical (unpaired) electrons. The molecule has 4 heteroatoms. The van der Waals surface area contributed by atoms with Crippen LogP contribution in [0.3, 0.4) is 0 Å². The minimum Gasteiger partial charge on any atom is -0.389 e. The summed E-state index contributed by atoms with van der Waals surface area (Å²) in [4.78, 5) is 4.36. The van der Waals surface area contributed by atoms with Crippen molar-refractivity contribution in [3.05, 3.63) is 41.2 Å². The molecule has 0 spiro atoms. The Hall–Kier alpha value is -1.19. The van der Waals surface area contributed by atoms with E-state index >= 15 is 0 Å². The minimum absolute atomic E-state index is 0.351. The summed E-state index contributed by atoms with van der Waals surface area (Å²) in [5, 5.41) is 2.55. The van der Waals surface area contributed by atoms with E-state index in [-0.39, 0.29) is 0 Å². The van der Waals surface area contributed by atoms with E-state index in [9.17, 15) is 0 Å². The Labute approximate surface area is 91.7 Å². The third-order valence-electron chi connectivity index (χ3n) is 1.98. The van der Waals surface area contributed by atoms with Gasteiger partial charge in [-0.05, 0) is 23.6 Å². The van der Waals surface area contributed by atoms with Crippen molar-refractivity contribution in [2.24, 2.45) is 5.73 Å². The molecule has 0 amide bonds. The van der Waals surface area contributed by atoms with Crippen molar-refractivity contribution >= 4 is 39.6 Å². The highest BCUT2D eigenvalue weighted by Crippen LogP contribution is 2.22. The fourth-order valence-corrected chi connectivity index (χ4v) is 1.77. The smallest absolute Gasteiger partial charge is 0.104 e. The highest BCUT2D eigenvalue weighted by atomic mass is 35.5. The van der Waals surface area contributed by atoms with Crippen LogP contribution < -0.4 is 5.73 Å². The molecule has 1 heterocycles. The zero-order valence-electron chi connectivity index (χ0n) is 7.20. The van der Waals surface area contributed by atoms with Gasteiger partial charge in [-0.2, -0.15) is 0 Å². The second kappa shape index (κ2) is 3.52. The van der Waals surface area contributed by atoms with E-state index in [0.29, 0.717) is 10.0 Å². The summed E-state index contributed by atoms with van der Waals surface area (Å²) in [5.41, 5.74) is 6.40. The van der Waals surface area contributed by atoms with E-state index in [2.05, 4.69) is 4.98 Å². The first kappa shape index (κ1) is 9.37. The van der Waals surface area contributed by atoms with E-state index in [1.165, 1.54) is 0 Å². The molecule has 2 N–H and O–H groups in total. The number of benzene rings is 1. The van der Waals surface area contributed by atoms with Crippen molar-refractivity contribution in [1.82, 2.24) is 4.98 Å². The maximum Gasteiger partial charge on any atom is 0.104 e. The molecule has 1 aromatic carbocycles. The Morgan fingerprint density at radius 1 is 1.43 bits per heavy atom. The Morgan fingerprint density at radius 3 is 2.93 bits per heavy atom. The van der Waals surface area contributed by atoms with E-state index in [1.54, 1.807) is 18.5 Å². The first-order valence-corrected chi connectivity index (χ1v) is 4.80. The van der Waals surface area contributed by atoms with Crippen LogP contribution in [0.4, 0.5) is 0 Å². The second-order valence-corrected chi connectivity index (χ2v) is 3.79. The molecule has 2 aromatic rings. The van der Waals surface area contributed by atoms with Crippen molar-refractivity contribution in [1.29, 1.82) is 0 Å². The summed E-state index contributed by atoms with van der Waals surface area (Å²) in [5.74, 6) is 0. The molecule has 2 rings (SSSR count). The predicted octanol–water partition coefficient (Wildman–Crippen LogP) is 2.52. The van der Waals surface area contributed by atoms with Crippen molar-refractivity contribution in [2.75, 3.05) is 0 Å².